The number of benzene rings is 1. The van der Waals surface area contributed by atoms with Crippen LogP contribution in [0.25, 0.3) is 0 Å². The van der Waals surface area contributed by atoms with E-state index in [1.54, 1.807) is 6.07 Å². The number of hydrogen-bond donors (Lipinski definition) is 1. The van der Waals surface area contributed by atoms with E-state index < -0.39 is 0 Å². The Morgan fingerprint density at radius 2 is 2.25 bits per heavy atom. The Morgan fingerprint density at radius 3 is 2.81 bits per heavy atom. The van der Waals surface area contributed by atoms with Gasteiger partial charge in [-0.3, -0.25) is 0 Å². The van der Waals surface area contributed by atoms with Gasteiger partial charge in [-0.15, -0.1) is 11.8 Å². The molecule has 1 nitrogen and oxygen atoms in total. The molecular formula is C13H15BrFN. The second-order valence-corrected chi connectivity index (χ2v) is 4.30. The smallest absolute Gasteiger partial charge is 0.129 e. The lowest BCUT2D eigenvalue weighted by atomic mass is 10.0. The lowest BCUT2D eigenvalue weighted by molar-refractivity contribution is 0.512. The summed E-state index contributed by atoms with van der Waals surface area (Å²) < 4.78 is 14.5. The minimum absolute atomic E-state index is 0.00331. The molecule has 0 saturated heterocycles. The van der Waals surface area contributed by atoms with Gasteiger partial charge in [-0.05, 0) is 32.5 Å². The highest BCUT2D eigenvalue weighted by atomic mass is 79.9. The van der Waals surface area contributed by atoms with E-state index >= 15 is 0 Å². The molecule has 0 spiro atoms. The fourth-order valence-electron chi connectivity index (χ4n) is 1.62. The Labute approximate surface area is 105 Å². The van der Waals surface area contributed by atoms with E-state index in [1.165, 1.54) is 6.07 Å². The molecule has 1 rings (SSSR count). The predicted octanol–water partition coefficient (Wildman–Crippen LogP) is 3.65. The van der Waals surface area contributed by atoms with Crippen LogP contribution >= 0.6 is 15.9 Å². The molecule has 0 aliphatic carbocycles. The van der Waals surface area contributed by atoms with Gasteiger partial charge >= 0.3 is 0 Å². The van der Waals surface area contributed by atoms with Gasteiger partial charge in [0, 0.05) is 22.5 Å². The fraction of sp³-hybridized carbons (Fsp3) is 0.385. The molecule has 0 heterocycles. The van der Waals surface area contributed by atoms with Crippen molar-refractivity contribution in [3.8, 4) is 11.8 Å². The van der Waals surface area contributed by atoms with Gasteiger partial charge in [-0.2, -0.15) is 0 Å². The van der Waals surface area contributed by atoms with Crippen LogP contribution in [0.5, 0.6) is 0 Å². The Morgan fingerprint density at radius 1 is 1.50 bits per heavy atom. The molecule has 0 radical (unpaired) electrons. The van der Waals surface area contributed by atoms with Gasteiger partial charge in [0.15, 0.2) is 0 Å². The lowest BCUT2D eigenvalue weighted by Gasteiger charge is -2.17. The van der Waals surface area contributed by atoms with Crippen molar-refractivity contribution in [2.45, 2.75) is 25.8 Å². The van der Waals surface area contributed by atoms with Crippen molar-refractivity contribution in [3.63, 3.8) is 0 Å². The van der Waals surface area contributed by atoms with Crippen molar-refractivity contribution in [3.05, 3.63) is 34.1 Å². The molecule has 0 amide bonds. The first-order valence-corrected chi connectivity index (χ1v) is 6.00. The van der Waals surface area contributed by atoms with Crippen molar-refractivity contribution in [1.82, 2.24) is 5.32 Å². The van der Waals surface area contributed by atoms with Crippen LogP contribution in [0, 0.1) is 17.7 Å². The molecule has 1 atom stereocenters. The molecule has 0 aliphatic heterocycles. The SMILES string of the molecule is CC#CCCC(NC)c1c(F)cccc1Br. The minimum atomic E-state index is -0.182. The average Bonchev–Trinajstić information content (AvgIpc) is 2.26. The molecule has 1 aromatic rings. The van der Waals surface area contributed by atoms with Gasteiger partial charge in [0.2, 0.25) is 0 Å². The summed E-state index contributed by atoms with van der Waals surface area (Å²) in [6, 6.07) is 5.03. The average molecular weight is 284 g/mol. The molecule has 0 saturated carbocycles. The maximum atomic E-state index is 13.7. The second kappa shape index (κ2) is 6.67. The monoisotopic (exact) mass is 283 g/mol. The summed E-state index contributed by atoms with van der Waals surface area (Å²) in [5.41, 5.74) is 0.683. The standard InChI is InChI=1S/C13H15BrFN/c1-3-4-5-9-12(16-2)13-10(14)7-6-8-11(13)15/h6-8,12,16H,5,9H2,1-2H3. The highest BCUT2D eigenvalue weighted by Crippen LogP contribution is 2.28. The predicted molar refractivity (Wildman–Crippen MR) is 68.6 cm³/mol. The Hall–Kier alpha value is -0.850. The summed E-state index contributed by atoms with van der Waals surface area (Å²) in [7, 11) is 1.84. The first kappa shape index (κ1) is 13.2. The van der Waals surface area contributed by atoms with E-state index in [0.29, 0.717) is 5.56 Å². The van der Waals surface area contributed by atoms with E-state index in [1.807, 2.05) is 20.0 Å². The molecule has 3 heteroatoms. The molecule has 1 N–H and O–H groups in total. The van der Waals surface area contributed by atoms with Gasteiger partial charge in [-0.1, -0.05) is 22.0 Å². The Kier molecular flexibility index (Phi) is 5.51. The summed E-state index contributed by atoms with van der Waals surface area (Å²) in [5, 5.41) is 3.12. The van der Waals surface area contributed by atoms with Crippen molar-refractivity contribution >= 4 is 15.9 Å². The first-order valence-electron chi connectivity index (χ1n) is 5.21. The molecule has 16 heavy (non-hydrogen) atoms. The van der Waals surface area contributed by atoms with Crippen LogP contribution < -0.4 is 5.32 Å². The molecule has 1 aromatic carbocycles. The summed E-state index contributed by atoms with van der Waals surface area (Å²) >= 11 is 3.38. The van der Waals surface area contributed by atoms with Crippen LogP contribution in [0.15, 0.2) is 22.7 Å². The fourth-order valence-corrected chi connectivity index (χ4v) is 2.24. The van der Waals surface area contributed by atoms with Gasteiger partial charge in [0.05, 0.1) is 0 Å². The van der Waals surface area contributed by atoms with Gasteiger partial charge in [0.25, 0.3) is 0 Å². The van der Waals surface area contributed by atoms with Crippen molar-refractivity contribution in [1.29, 1.82) is 0 Å². The zero-order valence-electron chi connectivity index (χ0n) is 9.48. The number of rotatable bonds is 4. The summed E-state index contributed by atoms with van der Waals surface area (Å²) in [6.45, 7) is 1.81. The zero-order valence-corrected chi connectivity index (χ0v) is 11.1. The van der Waals surface area contributed by atoms with E-state index in [2.05, 4.69) is 33.1 Å². The summed E-state index contributed by atoms with van der Waals surface area (Å²) in [6.07, 6.45) is 1.57. The van der Waals surface area contributed by atoms with E-state index in [4.69, 9.17) is 0 Å². The molecule has 0 aromatic heterocycles. The maximum absolute atomic E-state index is 13.7. The molecule has 1 unspecified atom stereocenters. The highest BCUT2D eigenvalue weighted by molar-refractivity contribution is 9.10. The third kappa shape index (κ3) is 3.33. The zero-order chi connectivity index (χ0) is 12.0. The third-order valence-corrected chi connectivity index (χ3v) is 3.12. The van der Waals surface area contributed by atoms with E-state index in [-0.39, 0.29) is 11.9 Å². The molecule has 0 bridgehead atoms. The second-order valence-electron chi connectivity index (χ2n) is 3.44. The Balaban J connectivity index is 2.88. The number of hydrogen-bond acceptors (Lipinski definition) is 1. The quantitative estimate of drug-likeness (QED) is 0.832. The normalized spacial score (nSPS) is 11.8. The topological polar surface area (TPSA) is 12.0 Å². The van der Waals surface area contributed by atoms with Crippen molar-refractivity contribution in [2.75, 3.05) is 7.05 Å². The third-order valence-electron chi connectivity index (χ3n) is 2.43. The van der Waals surface area contributed by atoms with Crippen LogP contribution in [-0.4, -0.2) is 7.05 Å². The van der Waals surface area contributed by atoms with Gasteiger partial charge in [-0.25, -0.2) is 4.39 Å². The van der Waals surface area contributed by atoms with Crippen LogP contribution in [-0.2, 0) is 0 Å². The summed E-state index contributed by atoms with van der Waals surface area (Å²) in [4.78, 5) is 0. The van der Waals surface area contributed by atoms with Crippen molar-refractivity contribution < 1.29 is 4.39 Å². The Bertz CT molecular complexity index is 386. The van der Waals surface area contributed by atoms with Crippen LogP contribution in [0.2, 0.25) is 0 Å². The van der Waals surface area contributed by atoms with Crippen molar-refractivity contribution in [2.24, 2.45) is 0 Å². The van der Waals surface area contributed by atoms with Gasteiger partial charge in [0.1, 0.15) is 5.82 Å². The van der Waals surface area contributed by atoms with Gasteiger partial charge < -0.3 is 5.32 Å². The lowest BCUT2D eigenvalue weighted by Crippen LogP contribution is -2.18. The summed E-state index contributed by atoms with van der Waals surface area (Å²) in [5.74, 6) is 5.66. The molecular weight excluding hydrogens is 269 g/mol. The highest BCUT2D eigenvalue weighted by Gasteiger charge is 2.16. The largest absolute Gasteiger partial charge is 0.313 e. The number of nitrogens with one attached hydrogen (secondary N) is 1. The van der Waals surface area contributed by atoms with E-state index in [0.717, 1.165) is 17.3 Å². The first-order chi connectivity index (χ1) is 7.70. The number of halogens is 2. The molecule has 86 valence electrons. The van der Waals surface area contributed by atoms with Crippen LogP contribution in [0.3, 0.4) is 0 Å². The van der Waals surface area contributed by atoms with Crippen LogP contribution in [0.1, 0.15) is 31.4 Å². The minimum Gasteiger partial charge on any atom is -0.313 e. The van der Waals surface area contributed by atoms with Crippen LogP contribution in [0.4, 0.5) is 4.39 Å². The maximum Gasteiger partial charge on any atom is 0.129 e. The molecule has 0 fully saturated rings. The molecule has 0 aliphatic rings. The van der Waals surface area contributed by atoms with E-state index in [9.17, 15) is 4.39 Å².